The zero-order chi connectivity index (χ0) is 15.1. The Hall–Kier alpha value is -1.21. The van der Waals surface area contributed by atoms with Crippen molar-refractivity contribution in [2.24, 2.45) is 0 Å². The molecule has 7 heteroatoms. The first-order valence-corrected chi connectivity index (χ1v) is 6.39. The molecule has 1 aliphatic rings. The second kappa shape index (κ2) is 4.97. The van der Waals surface area contributed by atoms with Crippen molar-refractivity contribution in [1.82, 2.24) is 4.98 Å². The number of hydrogen-bond donors (Lipinski definition) is 0. The average molecular weight is 285 g/mol. The third-order valence-corrected chi connectivity index (χ3v) is 3.83. The van der Waals surface area contributed by atoms with E-state index in [1.54, 1.807) is 6.92 Å². The molecule has 0 bridgehead atoms. The Morgan fingerprint density at radius 1 is 1.20 bits per heavy atom. The first kappa shape index (κ1) is 15.2. The van der Waals surface area contributed by atoms with Gasteiger partial charge < -0.3 is 14.0 Å². The molecule has 1 aromatic rings. The van der Waals surface area contributed by atoms with Gasteiger partial charge in [-0.25, -0.2) is 0 Å². The van der Waals surface area contributed by atoms with Crippen LogP contribution in [0.1, 0.15) is 33.4 Å². The van der Waals surface area contributed by atoms with Crippen LogP contribution in [0.5, 0.6) is 5.75 Å². The summed E-state index contributed by atoms with van der Waals surface area (Å²) in [5, 5.41) is 0. The molecular formula is C13H18BF2NO3. The van der Waals surface area contributed by atoms with E-state index < -0.39 is 24.9 Å². The van der Waals surface area contributed by atoms with Crippen LogP contribution in [0.15, 0.2) is 12.3 Å². The van der Waals surface area contributed by atoms with Gasteiger partial charge in [0.2, 0.25) is 0 Å². The zero-order valence-corrected chi connectivity index (χ0v) is 12.2. The highest BCUT2D eigenvalue weighted by molar-refractivity contribution is 6.62. The largest absolute Gasteiger partial charge is 0.496 e. The van der Waals surface area contributed by atoms with Gasteiger partial charge in [0.1, 0.15) is 5.75 Å². The van der Waals surface area contributed by atoms with Gasteiger partial charge in [0.15, 0.2) is 0 Å². The summed E-state index contributed by atoms with van der Waals surface area (Å²) in [6, 6.07) is 1.48. The fourth-order valence-corrected chi connectivity index (χ4v) is 1.91. The summed E-state index contributed by atoms with van der Waals surface area (Å²) in [5.41, 5.74) is 0.264. The van der Waals surface area contributed by atoms with Crippen molar-refractivity contribution in [3.63, 3.8) is 0 Å². The average Bonchev–Trinajstić information content (AvgIpc) is 2.50. The lowest BCUT2D eigenvalue weighted by Crippen LogP contribution is -2.41. The van der Waals surface area contributed by atoms with Crippen LogP contribution in [0, 0.1) is 6.92 Å². The van der Waals surface area contributed by atoms with Crippen LogP contribution >= 0.6 is 0 Å². The number of hydrogen-bond acceptors (Lipinski definition) is 4. The third kappa shape index (κ3) is 2.78. The monoisotopic (exact) mass is 285 g/mol. The lowest BCUT2D eigenvalue weighted by atomic mass is 9.78. The normalized spacial score (nSPS) is 20.5. The maximum absolute atomic E-state index is 12.3. The molecule has 0 aromatic carbocycles. The molecule has 2 heterocycles. The van der Waals surface area contributed by atoms with Crippen LogP contribution < -0.4 is 10.2 Å². The van der Waals surface area contributed by atoms with Crippen LogP contribution in [-0.4, -0.2) is 29.9 Å². The van der Waals surface area contributed by atoms with Gasteiger partial charge >= 0.3 is 13.7 Å². The standard InChI is InChI=1S/C13H18BF2NO3/c1-8-10(6-9(7-17-8)18-11(15)16)14-19-12(2,3)13(4,5)20-14/h6-7,11H,1-5H3. The van der Waals surface area contributed by atoms with Gasteiger partial charge in [-0.15, -0.1) is 0 Å². The molecular weight excluding hydrogens is 267 g/mol. The lowest BCUT2D eigenvalue weighted by Gasteiger charge is -2.32. The first-order valence-electron chi connectivity index (χ1n) is 6.39. The highest BCUT2D eigenvalue weighted by atomic mass is 19.3. The summed E-state index contributed by atoms with van der Waals surface area (Å²) in [6.07, 6.45) is 1.26. The summed E-state index contributed by atoms with van der Waals surface area (Å²) in [4.78, 5) is 4.05. The van der Waals surface area contributed by atoms with Crippen LogP contribution in [0.25, 0.3) is 0 Å². The minimum absolute atomic E-state index is 0.00434. The Bertz CT molecular complexity index is 492. The Labute approximate surface area is 117 Å². The summed E-state index contributed by atoms with van der Waals surface area (Å²) < 4.78 is 40.7. The number of aryl methyl sites for hydroxylation is 1. The Balaban J connectivity index is 2.30. The van der Waals surface area contributed by atoms with Gasteiger partial charge in [-0.1, -0.05) is 0 Å². The third-order valence-electron chi connectivity index (χ3n) is 3.83. The second-order valence-corrected chi connectivity index (χ2v) is 5.81. The van der Waals surface area contributed by atoms with E-state index in [2.05, 4.69) is 9.72 Å². The van der Waals surface area contributed by atoms with E-state index >= 15 is 0 Å². The highest BCUT2D eigenvalue weighted by Crippen LogP contribution is 2.36. The van der Waals surface area contributed by atoms with E-state index in [9.17, 15) is 8.78 Å². The van der Waals surface area contributed by atoms with Gasteiger partial charge in [0.05, 0.1) is 17.4 Å². The number of halogens is 2. The molecule has 0 aliphatic carbocycles. The summed E-state index contributed by atoms with van der Waals surface area (Å²) in [5.74, 6) is -0.00434. The smallest absolute Gasteiger partial charge is 0.433 e. The van der Waals surface area contributed by atoms with E-state index in [1.807, 2.05) is 27.7 Å². The summed E-state index contributed by atoms with van der Waals surface area (Å²) >= 11 is 0. The molecule has 0 atom stereocenters. The number of ether oxygens (including phenoxy) is 1. The lowest BCUT2D eigenvalue weighted by molar-refractivity contribution is -0.0500. The molecule has 0 amide bonds. The van der Waals surface area contributed by atoms with Crippen molar-refractivity contribution in [2.45, 2.75) is 52.4 Å². The molecule has 0 spiro atoms. The predicted octanol–water partition coefficient (Wildman–Crippen LogP) is 2.29. The van der Waals surface area contributed by atoms with Crippen molar-refractivity contribution in [1.29, 1.82) is 0 Å². The number of nitrogens with zero attached hydrogens (tertiary/aromatic N) is 1. The van der Waals surface area contributed by atoms with Crippen LogP contribution in [0.4, 0.5) is 8.78 Å². The SMILES string of the molecule is Cc1ncc(OC(F)F)cc1B1OC(C)(C)C(C)(C)O1. The number of rotatable bonds is 3. The molecule has 110 valence electrons. The molecule has 2 rings (SSSR count). The quantitative estimate of drug-likeness (QED) is 0.799. The van der Waals surface area contributed by atoms with E-state index in [-0.39, 0.29) is 5.75 Å². The topological polar surface area (TPSA) is 40.6 Å². The summed E-state index contributed by atoms with van der Waals surface area (Å²) in [6.45, 7) is 6.59. The minimum Gasteiger partial charge on any atom is -0.433 e. The first-order chi connectivity index (χ1) is 9.12. The Kier molecular flexibility index (Phi) is 3.77. The van der Waals surface area contributed by atoms with Crippen molar-refractivity contribution in [3.05, 3.63) is 18.0 Å². The van der Waals surface area contributed by atoms with Crippen molar-refractivity contribution < 1.29 is 22.8 Å². The van der Waals surface area contributed by atoms with E-state index in [4.69, 9.17) is 9.31 Å². The number of pyridine rings is 1. The Morgan fingerprint density at radius 3 is 2.25 bits per heavy atom. The molecule has 1 fully saturated rings. The van der Waals surface area contributed by atoms with Gasteiger partial charge in [-0.05, 0) is 40.7 Å². The summed E-state index contributed by atoms with van der Waals surface area (Å²) in [7, 11) is -0.645. The van der Waals surface area contributed by atoms with Crippen LogP contribution in [-0.2, 0) is 9.31 Å². The van der Waals surface area contributed by atoms with E-state index in [0.717, 1.165) is 0 Å². The fraction of sp³-hybridized carbons (Fsp3) is 0.615. The molecule has 1 aromatic heterocycles. The van der Waals surface area contributed by atoms with E-state index in [0.29, 0.717) is 11.2 Å². The molecule has 4 nitrogen and oxygen atoms in total. The van der Waals surface area contributed by atoms with Gasteiger partial charge in [-0.3, -0.25) is 4.98 Å². The molecule has 0 saturated carbocycles. The number of alkyl halides is 2. The predicted molar refractivity (Wildman–Crippen MR) is 71.3 cm³/mol. The van der Waals surface area contributed by atoms with Crippen molar-refractivity contribution in [3.8, 4) is 5.75 Å². The zero-order valence-electron chi connectivity index (χ0n) is 12.2. The second-order valence-electron chi connectivity index (χ2n) is 5.81. The molecule has 1 saturated heterocycles. The molecule has 20 heavy (non-hydrogen) atoms. The van der Waals surface area contributed by atoms with Gasteiger partial charge in [0, 0.05) is 11.2 Å². The maximum Gasteiger partial charge on any atom is 0.496 e. The van der Waals surface area contributed by atoms with Crippen LogP contribution in [0.2, 0.25) is 0 Å². The van der Waals surface area contributed by atoms with Crippen molar-refractivity contribution >= 4 is 12.6 Å². The molecule has 1 aliphatic heterocycles. The van der Waals surface area contributed by atoms with E-state index in [1.165, 1.54) is 12.3 Å². The Morgan fingerprint density at radius 2 is 1.75 bits per heavy atom. The highest BCUT2D eigenvalue weighted by Gasteiger charge is 2.52. The van der Waals surface area contributed by atoms with Gasteiger partial charge in [-0.2, -0.15) is 8.78 Å². The van der Waals surface area contributed by atoms with Crippen LogP contribution in [0.3, 0.4) is 0 Å². The number of aromatic nitrogens is 1. The molecule has 0 radical (unpaired) electrons. The van der Waals surface area contributed by atoms with Crippen molar-refractivity contribution in [2.75, 3.05) is 0 Å². The maximum atomic E-state index is 12.3. The van der Waals surface area contributed by atoms with Gasteiger partial charge in [0.25, 0.3) is 0 Å². The minimum atomic E-state index is -2.88. The fourth-order valence-electron chi connectivity index (χ4n) is 1.91. The molecule has 0 N–H and O–H groups in total. The molecule has 0 unspecified atom stereocenters.